The quantitative estimate of drug-likeness (QED) is 0.893. The minimum Gasteiger partial charge on any atom is -0.338 e. The number of aryl methyl sites for hydroxylation is 2. The molecule has 1 aliphatic heterocycles. The van der Waals surface area contributed by atoms with E-state index < -0.39 is 0 Å². The number of carbonyl (C=O) groups is 1. The maximum atomic E-state index is 12.9. The molecule has 3 nitrogen and oxygen atoms in total. The molecule has 3 aliphatic rings. The first-order valence-corrected chi connectivity index (χ1v) is 10.8. The summed E-state index contributed by atoms with van der Waals surface area (Å²) in [5, 5.41) is 3.70. The number of hydrogen-bond donors (Lipinski definition) is 1. The summed E-state index contributed by atoms with van der Waals surface area (Å²) in [6, 6.07) is 2.84. The maximum Gasteiger partial charge on any atom is 0.263 e. The van der Waals surface area contributed by atoms with Crippen molar-refractivity contribution in [2.45, 2.75) is 70.3 Å². The van der Waals surface area contributed by atoms with Gasteiger partial charge in [-0.05, 0) is 75.5 Å². The molecule has 1 N–H and O–H groups in total. The second-order valence-corrected chi connectivity index (χ2v) is 9.03. The smallest absolute Gasteiger partial charge is 0.263 e. The molecule has 2 aliphatic carbocycles. The van der Waals surface area contributed by atoms with Crippen LogP contribution in [0.25, 0.3) is 0 Å². The molecule has 0 aromatic carbocycles. The fourth-order valence-corrected chi connectivity index (χ4v) is 5.27. The van der Waals surface area contributed by atoms with Crippen LogP contribution in [0, 0.1) is 5.92 Å². The van der Waals surface area contributed by atoms with E-state index in [1.54, 1.807) is 11.3 Å². The molecule has 1 saturated heterocycles. The average Bonchev–Trinajstić information content (AvgIpc) is 3.34. The van der Waals surface area contributed by atoms with Gasteiger partial charge in [0, 0.05) is 24.0 Å². The Morgan fingerprint density at radius 2 is 1.83 bits per heavy atom. The Kier molecular flexibility index (Phi) is 5.23. The van der Waals surface area contributed by atoms with Gasteiger partial charge >= 0.3 is 0 Å². The lowest BCUT2D eigenvalue weighted by Gasteiger charge is -2.32. The zero-order valence-electron chi connectivity index (χ0n) is 14.7. The molecule has 1 amide bonds. The van der Waals surface area contributed by atoms with E-state index in [9.17, 15) is 4.79 Å². The third-order valence-electron chi connectivity index (χ3n) is 5.88. The summed E-state index contributed by atoms with van der Waals surface area (Å²) >= 11 is 1.78. The zero-order chi connectivity index (χ0) is 16.4. The van der Waals surface area contributed by atoms with E-state index in [2.05, 4.69) is 16.3 Å². The number of rotatable bonds is 4. The highest BCUT2D eigenvalue weighted by molar-refractivity contribution is 7.14. The topological polar surface area (TPSA) is 32.3 Å². The molecule has 24 heavy (non-hydrogen) atoms. The van der Waals surface area contributed by atoms with Crippen LogP contribution in [0.4, 0.5) is 0 Å². The molecule has 0 spiro atoms. The summed E-state index contributed by atoms with van der Waals surface area (Å²) in [4.78, 5) is 17.5. The van der Waals surface area contributed by atoms with Crippen molar-refractivity contribution in [2.24, 2.45) is 5.92 Å². The molecule has 1 saturated carbocycles. The van der Waals surface area contributed by atoms with Crippen LogP contribution in [-0.4, -0.2) is 36.5 Å². The summed E-state index contributed by atoms with van der Waals surface area (Å²) in [6.45, 7) is 3.03. The second kappa shape index (κ2) is 7.57. The van der Waals surface area contributed by atoms with Gasteiger partial charge in [-0.2, -0.15) is 0 Å². The molecule has 1 aromatic heterocycles. The Bertz CT molecular complexity index is 545. The predicted molar refractivity (Wildman–Crippen MR) is 99.8 cm³/mol. The number of nitrogens with zero attached hydrogens (tertiary/aromatic N) is 1. The van der Waals surface area contributed by atoms with E-state index in [-0.39, 0.29) is 5.91 Å². The van der Waals surface area contributed by atoms with Crippen molar-refractivity contribution in [1.29, 1.82) is 0 Å². The van der Waals surface area contributed by atoms with Gasteiger partial charge in [-0.25, -0.2) is 0 Å². The number of hydrogen-bond acceptors (Lipinski definition) is 3. The van der Waals surface area contributed by atoms with Crippen molar-refractivity contribution >= 4 is 17.2 Å². The largest absolute Gasteiger partial charge is 0.338 e. The van der Waals surface area contributed by atoms with E-state index in [0.29, 0.717) is 6.04 Å². The average molecular weight is 347 g/mol. The van der Waals surface area contributed by atoms with Crippen LogP contribution >= 0.6 is 11.3 Å². The first-order valence-electron chi connectivity index (χ1n) is 9.94. The first kappa shape index (κ1) is 16.6. The molecule has 0 unspecified atom stereocenters. The van der Waals surface area contributed by atoms with E-state index in [4.69, 9.17) is 0 Å². The van der Waals surface area contributed by atoms with Crippen molar-refractivity contribution in [3.63, 3.8) is 0 Å². The van der Waals surface area contributed by atoms with Gasteiger partial charge in [0.1, 0.15) is 0 Å². The predicted octanol–water partition coefficient (Wildman–Crippen LogP) is 4.01. The van der Waals surface area contributed by atoms with Gasteiger partial charge < -0.3 is 10.2 Å². The highest BCUT2D eigenvalue weighted by Gasteiger charge is 2.27. The first-order chi connectivity index (χ1) is 11.8. The van der Waals surface area contributed by atoms with Crippen LogP contribution < -0.4 is 5.32 Å². The number of likely N-dealkylation sites (tertiary alicyclic amines) is 1. The Balaban J connectivity index is 1.33. The summed E-state index contributed by atoms with van der Waals surface area (Å²) in [5.74, 6) is 1.22. The molecule has 2 heterocycles. The van der Waals surface area contributed by atoms with E-state index >= 15 is 0 Å². The molecule has 132 valence electrons. The molecule has 2 fully saturated rings. The van der Waals surface area contributed by atoms with Gasteiger partial charge in [0.2, 0.25) is 0 Å². The van der Waals surface area contributed by atoms with Crippen LogP contribution in [0.15, 0.2) is 6.07 Å². The van der Waals surface area contributed by atoms with E-state index in [1.165, 1.54) is 68.4 Å². The molecule has 0 atom stereocenters. The van der Waals surface area contributed by atoms with Crippen molar-refractivity contribution in [1.82, 2.24) is 10.2 Å². The summed E-state index contributed by atoms with van der Waals surface area (Å²) in [5.41, 5.74) is 1.46. The molecule has 4 rings (SSSR count). The van der Waals surface area contributed by atoms with Crippen LogP contribution in [0.3, 0.4) is 0 Å². The van der Waals surface area contributed by atoms with Crippen LogP contribution in [-0.2, 0) is 12.8 Å². The molecule has 0 bridgehead atoms. The van der Waals surface area contributed by atoms with Crippen LogP contribution in [0.1, 0.15) is 71.5 Å². The molecule has 1 aromatic rings. The zero-order valence-corrected chi connectivity index (χ0v) is 15.5. The van der Waals surface area contributed by atoms with Crippen molar-refractivity contribution in [2.75, 3.05) is 19.6 Å². The maximum absolute atomic E-state index is 12.9. The highest BCUT2D eigenvalue weighted by atomic mass is 32.1. The number of thiophene rings is 1. The Morgan fingerprint density at radius 3 is 2.58 bits per heavy atom. The van der Waals surface area contributed by atoms with Gasteiger partial charge in [0.25, 0.3) is 5.91 Å². The third-order valence-corrected chi connectivity index (χ3v) is 7.11. The third kappa shape index (κ3) is 4.02. The lowest BCUT2D eigenvalue weighted by Crippen LogP contribution is -2.45. The molecule has 0 radical (unpaired) electrons. The number of amides is 1. The Labute approximate surface area is 149 Å². The number of fused-ring (bicyclic) bond motifs is 1. The summed E-state index contributed by atoms with van der Waals surface area (Å²) < 4.78 is 0. The van der Waals surface area contributed by atoms with Gasteiger partial charge in [0.15, 0.2) is 0 Å². The Hall–Kier alpha value is -0.870. The SMILES string of the molecule is O=C(c1cc2c(s1)CCCCCC2)N1CCC(NCC2CC2)CC1. The molecule has 4 heteroatoms. The van der Waals surface area contributed by atoms with Crippen molar-refractivity contribution < 1.29 is 4.79 Å². The fraction of sp³-hybridized carbons (Fsp3) is 0.750. The minimum absolute atomic E-state index is 0.285. The van der Waals surface area contributed by atoms with Crippen molar-refractivity contribution in [3.8, 4) is 0 Å². The normalized spacial score (nSPS) is 22.8. The molecular formula is C20H30N2OS. The minimum atomic E-state index is 0.285. The Morgan fingerprint density at radius 1 is 1.08 bits per heavy atom. The van der Waals surface area contributed by atoms with Crippen LogP contribution in [0.2, 0.25) is 0 Å². The number of piperidine rings is 1. The van der Waals surface area contributed by atoms with E-state index in [1.807, 2.05) is 0 Å². The number of carbonyl (C=O) groups excluding carboxylic acids is 1. The van der Waals surface area contributed by atoms with Crippen molar-refractivity contribution in [3.05, 3.63) is 21.4 Å². The van der Waals surface area contributed by atoms with Gasteiger partial charge in [0.05, 0.1) is 4.88 Å². The van der Waals surface area contributed by atoms with Gasteiger partial charge in [-0.3, -0.25) is 4.79 Å². The van der Waals surface area contributed by atoms with E-state index in [0.717, 1.165) is 36.7 Å². The summed E-state index contributed by atoms with van der Waals surface area (Å²) in [6.07, 6.45) is 12.7. The molecular weight excluding hydrogens is 316 g/mol. The lowest BCUT2D eigenvalue weighted by atomic mass is 9.99. The fourth-order valence-electron chi connectivity index (χ4n) is 4.05. The summed E-state index contributed by atoms with van der Waals surface area (Å²) in [7, 11) is 0. The second-order valence-electron chi connectivity index (χ2n) is 7.89. The van der Waals surface area contributed by atoms with Crippen LogP contribution in [0.5, 0.6) is 0 Å². The monoisotopic (exact) mass is 346 g/mol. The lowest BCUT2D eigenvalue weighted by molar-refractivity contribution is 0.0710. The van der Waals surface area contributed by atoms with Gasteiger partial charge in [-0.15, -0.1) is 11.3 Å². The standard InChI is InChI=1S/C20H30N2OS/c23-20(19-13-16-5-3-1-2-4-6-18(16)24-19)22-11-9-17(10-12-22)21-14-15-7-8-15/h13,15,17,21H,1-12,14H2. The highest BCUT2D eigenvalue weighted by Crippen LogP contribution is 2.30. The number of nitrogens with one attached hydrogen (secondary N) is 1. The van der Waals surface area contributed by atoms with Gasteiger partial charge in [-0.1, -0.05) is 12.8 Å².